The predicted octanol–water partition coefficient (Wildman–Crippen LogP) is 2.75. The van der Waals surface area contributed by atoms with E-state index in [0.717, 1.165) is 43.3 Å². The second kappa shape index (κ2) is 9.02. The van der Waals surface area contributed by atoms with Crippen molar-refractivity contribution >= 4 is 0 Å². The average molecular weight is 405 g/mol. The molecule has 1 aromatic carbocycles. The summed E-state index contributed by atoms with van der Waals surface area (Å²) in [7, 11) is 0. The number of aromatic nitrogens is 2. The number of hydrogen-bond donors (Lipinski definition) is 2. The van der Waals surface area contributed by atoms with E-state index in [0.29, 0.717) is 13.0 Å². The van der Waals surface area contributed by atoms with Crippen LogP contribution in [-0.2, 0) is 24.4 Å². The van der Waals surface area contributed by atoms with Crippen molar-refractivity contribution < 1.29 is 13.5 Å². The van der Waals surface area contributed by atoms with Gasteiger partial charge >= 0.3 is 0 Å². The zero-order valence-electron chi connectivity index (χ0n) is 16.9. The first-order chi connectivity index (χ1) is 13.9. The Hall–Kier alpha value is -2.29. The van der Waals surface area contributed by atoms with Crippen molar-refractivity contribution in [1.29, 1.82) is 0 Å². The SMILES string of the molecule is C=CN.CCn1c(C)nc2c1CN(C1CO[C@H](c3cc(F)ccc3F)C(N)C1)C2. The van der Waals surface area contributed by atoms with Crippen molar-refractivity contribution in [3.8, 4) is 0 Å². The molecule has 1 saturated heterocycles. The number of benzene rings is 1. The molecule has 3 heterocycles. The van der Waals surface area contributed by atoms with E-state index in [1.165, 1.54) is 18.0 Å². The molecule has 0 radical (unpaired) electrons. The Morgan fingerprint density at radius 3 is 2.72 bits per heavy atom. The topological polar surface area (TPSA) is 82.3 Å². The number of rotatable bonds is 3. The van der Waals surface area contributed by atoms with Crippen LogP contribution >= 0.6 is 0 Å². The van der Waals surface area contributed by atoms with E-state index in [4.69, 9.17) is 10.5 Å². The molecule has 0 bridgehead atoms. The van der Waals surface area contributed by atoms with Crippen LogP contribution < -0.4 is 11.5 Å². The fourth-order valence-electron chi connectivity index (χ4n) is 4.24. The van der Waals surface area contributed by atoms with E-state index in [1.807, 2.05) is 6.92 Å². The monoisotopic (exact) mass is 405 g/mol. The lowest BCUT2D eigenvalue weighted by atomic mass is 9.93. The van der Waals surface area contributed by atoms with Gasteiger partial charge < -0.3 is 20.8 Å². The van der Waals surface area contributed by atoms with Crippen molar-refractivity contribution in [2.75, 3.05) is 6.61 Å². The molecule has 8 heteroatoms. The summed E-state index contributed by atoms with van der Waals surface area (Å²) in [4.78, 5) is 6.99. The van der Waals surface area contributed by atoms with E-state index in [2.05, 4.69) is 33.7 Å². The van der Waals surface area contributed by atoms with Crippen LogP contribution in [0.3, 0.4) is 0 Å². The summed E-state index contributed by atoms with van der Waals surface area (Å²) in [5.74, 6) is 0.0956. The second-order valence-electron chi connectivity index (χ2n) is 7.41. The minimum Gasteiger partial charge on any atom is -0.405 e. The average Bonchev–Trinajstić information content (AvgIpc) is 3.21. The van der Waals surface area contributed by atoms with E-state index < -0.39 is 17.7 Å². The molecule has 6 nitrogen and oxygen atoms in total. The molecular weight excluding hydrogens is 376 g/mol. The van der Waals surface area contributed by atoms with Gasteiger partial charge in [-0.15, -0.1) is 0 Å². The number of imidazole rings is 1. The van der Waals surface area contributed by atoms with Gasteiger partial charge in [0.1, 0.15) is 23.6 Å². The maximum atomic E-state index is 14.1. The molecule has 2 aliphatic rings. The van der Waals surface area contributed by atoms with E-state index in [-0.39, 0.29) is 17.6 Å². The molecule has 0 saturated carbocycles. The van der Waals surface area contributed by atoms with Gasteiger partial charge in [-0.05, 0) is 44.7 Å². The maximum Gasteiger partial charge on any atom is 0.129 e. The van der Waals surface area contributed by atoms with Gasteiger partial charge in [0, 0.05) is 37.3 Å². The molecule has 0 spiro atoms. The fraction of sp³-hybridized carbons (Fsp3) is 0.476. The lowest BCUT2D eigenvalue weighted by molar-refractivity contribution is -0.0535. The Morgan fingerprint density at radius 1 is 1.34 bits per heavy atom. The zero-order valence-corrected chi connectivity index (χ0v) is 16.9. The highest BCUT2D eigenvalue weighted by molar-refractivity contribution is 5.24. The summed E-state index contributed by atoms with van der Waals surface area (Å²) < 4.78 is 35.7. The van der Waals surface area contributed by atoms with Gasteiger partial charge in [-0.3, -0.25) is 4.90 Å². The molecule has 4 rings (SSSR count). The molecule has 3 atom stereocenters. The van der Waals surface area contributed by atoms with Gasteiger partial charge in [0.2, 0.25) is 0 Å². The van der Waals surface area contributed by atoms with Crippen LogP contribution in [0, 0.1) is 18.6 Å². The third-order valence-corrected chi connectivity index (χ3v) is 5.55. The first-order valence-corrected chi connectivity index (χ1v) is 9.83. The van der Waals surface area contributed by atoms with Crippen LogP contribution in [0.5, 0.6) is 0 Å². The summed E-state index contributed by atoms with van der Waals surface area (Å²) >= 11 is 0. The number of nitrogens with zero attached hydrogens (tertiary/aromatic N) is 3. The highest BCUT2D eigenvalue weighted by atomic mass is 19.1. The molecule has 1 aromatic heterocycles. The summed E-state index contributed by atoms with van der Waals surface area (Å²) in [6, 6.07) is 3.19. The van der Waals surface area contributed by atoms with Crippen LogP contribution in [0.4, 0.5) is 8.78 Å². The number of fused-ring (bicyclic) bond motifs is 1. The third-order valence-electron chi connectivity index (χ3n) is 5.55. The van der Waals surface area contributed by atoms with Gasteiger partial charge in [-0.25, -0.2) is 13.8 Å². The summed E-state index contributed by atoms with van der Waals surface area (Å²) in [5, 5.41) is 0. The van der Waals surface area contributed by atoms with Gasteiger partial charge in [-0.2, -0.15) is 0 Å². The Morgan fingerprint density at radius 2 is 2.07 bits per heavy atom. The Bertz CT molecular complexity index is 869. The van der Waals surface area contributed by atoms with Crippen molar-refractivity contribution in [3.05, 3.63) is 65.4 Å². The first-order valence-electron chi connectivity index (χ1n) is 9.83. The lowest BCUT2D eigenvalue weighted by Gasteiger charge is -2.38. The molecule has 0 aliphatic carbocycles. The van der Waals surface area contributed by atoms with Gasteiger partial charge in [0.15, 0.2) is 0 Å². The first kappa shape index (κ1) is 21.4. The molecular formula is C21H29F2N5O. The predicted molar refractivity (Wildman–Crippen MR) is 108 cm³/mol. The number of hydrogen-bond acceptors (Lipinski definition) is 5. The van der Waals surface area contributed by atoms with Crippen LogP contribution in [0.2, 0.25) is 0 Å². The van der Waals surface area contributed by atoms with Crippen molar-refractivity contribution in [2.24, 2.45) is 11.5 Å². The van der Waals surface area contributed by atoms with Crippen LogP contribution in [0.1, 0.15) is 42.2 Å². The minimum atomic E-state index is -0.614. The molecule has 29 heavy (non-hydrogen) atoms. The number of halogens is 2. The summed E-state index contributed by atoms with van der Waals surface area (Å²) in [5.41, 5.74) is 13.5. The Labute approximate surface area is 170 Å². The van der Waals surface area contributed by atoms with E-state index in [9.17, 15) is 8.78 Å². The minimum absolute atomic E-state index is 0.151. The van der Waals surface area contributed by atoms with Crippen LogP contribution in [0.15, 0.2) is 31.0 Å². The largest absolute Gasteiger partial charge is 0.405 e. The van der Waals surface area contributed by atoms with Gasteiger partial charge in [0.05, 0.1) is 18.0 Å². The highest BCUT2D eigenvalue weighted by Gasteiger charge is 2.37. The normalized spacial score (nSPS) is 24.0. The number of ether oxygens (including phenoxy) is 1. The van der Waals surface area contributed by atoms with Gasteiger partial charge in [0.25, 0.3) is 0 Å². The van der Waals surface area contributed by atoms with Gasteiger partial charge in [-0.1, -0.05) is 6.58 Å². The highest BCUT2D eigenvalue weighted by Crippen LogP contribution is 2.34. The third kappa shape index (κ3) is 4.34. The molecule has 158 valence electrons. The molecule has 1 fully saturated rings. The van der Waals surface area contributed by atoms with Crippen LogP contribution in [-0.4, -0.2) is 33.1 Å². The molecule has 2 unspecified atom stereocenters. The quantitative estimate of drug-likeness (QED) is 0.821. The summed E-state index contributed by atoms with van der Waals surface area (Å²) in [6.07, 6.45) is 1.31. The molecule has 0 amide bonds. The number of aryl methyl sites for hydroxylation is 1. The summed E-state index contributed by atoms with van der Waals surface area (Å²) in [6.45, 7) is 10.2. The van der Waals surface area contributed by atoms with Crippen molar-refractivity contribution in [2.45, 2.75) is 58.1 Å². The second-order valence-corrected chi connectivity index (χ2v) is 7.41. The van der Waals surface area contributed by atoms with E-state index in [1.54, 1.807) is 0 Å². The molecule has 4 N–H and O–H groups in total. The molecule has 2 aromatic rings. The standard InChI is InChI=1S/C19H24F2N4O.C2H5N/c1-3-25-11(2)23-17-8-24(9-18(17)25)13-7-16(22)19(26-10-13)14-6-12(20)4-5-15(14)21;1-2-3/h4-6,13,16,19H,3,7-10,22H2,1-2H3;2H,1,3H2/t13?,16?,19-;/m1./s1. The Kier molecular flexibility index (Phi) is 6.66. The van der Waals surface area contributed by atoms with Crippen LogP contribution in [0.25, 0.3) is 0 Å². The fourth-order valence-corrected chi connectivity index (χ4v) is 4.24. The van der Waals surface area contributed by atoms with Crippen molar-refractivity contribution in [3.63, 3.8) is 0 Å². The Balaban J connectivity index is 0.000000755. The van der Waals surface area contributed by atoms with E-state index >= 15 is 0 Å². The lowest BCUT2D eigenvalue weighted by Crippen LogP contribution is -2.47. The molecule has 2 aliphatic heterocycles. The zero-order chi connectivity index (χ0) is 21.1. The van der Waals surface area contributed by atoms with Crippen molar-refractivity contribution in [1.82, 2.24) is 14.5 Å². The maximum absolute atomic E-state index is 14.1. The smallest absolute Gasteiger partial charge is 0.129 e. The number of nitrogens with two attached hydrogens (primary N) is 2.